The molecule has 1 aromatic carbocycles. The first-order chi connectivity index (χ1) is 11.0. The molecule has 23 heavy (non-hydrogen) atoms. The largest absolute Gasteiger partial charge is 0.478 e. The number of piperidine rings is 1. The highest BCUT2D eigenvalue weighted by Crippen LogP contribution is 2.26. The van der Waals surface area contributed by atoms with Crippen molar-refractivity contribution in [2.45, 2.75) is 23.8 Å². The van der Waals surface area contributed by atoms with Crippen molar-refractivity contribution in [1.82, 2.24) is 14.1 Å². The Labute approximate surface area is 134 Å². The highest BCUT2D eigenvalue weighted by molar-refractivity contribution is 7.89. The van der Waals surface area contributed by atoms with E-state index in [0.717, 1.165) is 0 Å². The lowest BCUT2D eigenvalue weighted by atomic mass is 10.1. The van der Waals surface area contributed by atoms with Crippen LogP contribution in [-0.2, 0) is 10.0 Å². The van der Waals surface area contributed by atoms with Crippen LogP contribution in [0, 0.1) is 0 Å². The number of hydrogen-bond acceptors (Lipinski definition) is 4. The highest BCUT2D eigenvalue weighted by atomic mass is 32.2. The maximum atomic E-state index is 12.5. The average molecular weight is 335 g/mol. The fourth-order valence-corrected chi connectivity index (χ4v) is 4.23. The Balaban J connectivity index is 1.69. The number of carboxylic acids is 1. The summed E-state index contributed by atoms with van der Waals surface area (Å²) in [6.07, 6.45) is 4.02. The van der Waals surface area contributed by atoms with Gasteiger partial charge in [-0.15, -0.1) is 0 Å². The fourth-order valence-electron chi connectivity index (χ4n) is 2.74. The van der Waals surface area contributed by atoms with Crippen LogP contribution < -0.4 is 0 Å². The molecule has 1 saturated heterocycles. The molecule has 0 atom stereocenters. The Morgan fingerprint density at radius 1 is 1.17 bits per heavy atom. The summed E-state index contributed by atoms with van der Waals surface area (Å²) < 4.78 is 28.2. The minimum atomic E-state index is -3.47. The third kappa shape index (κ3) is 3.13. The average Bonchev–Trinajstić information content (AvgIpc) is 3.06. The Kier molecular flexibility index (Phi) is 4.18. The van der Waals surface area contributed by atoms with E-state index in [1.807, 2.05) is 0 Å². The van der Waals surface area contributed by atoms with Crippen molar-refractivity contribution in [2.24, 2.45) is 0 Å². The van der Waals surface area contributed by atoms with Crippen molar-refractivity contribution < 1.29 is 18.3 Å². The molecule has 1 aliphatic rings. The van der Waals surface area contributed by atoms with E-state index in [1.54, 1.807) is 35.0 Å². The fraction of sp³-hybridized carbons (Fsp3) is 0.333. The van der Waals surface area contributed by atoms with Gasteiger partial charge >= 0.3 is 5.97 Å². The van der Waals surface area contributed by atoms with Crippen LogP contribution in [-0.4, -0.2) is 46.7 Å². The van der Waals surface area contributed by atoms with Crippen molar-refractivity contribution in [2.75, 3.05) is 13.1 Å². The number of carboxylic acid groups (broad SMARTS) is 1. The van der Waals surface area contributed by atoms with Crippen LogP contribution in [0.15, 0.2) is 47.6 Å². The lowest BCUT2D eigenvalue weighted by Gasteiger charge is -2.31. The highest BCUT2D eigenvalue weighted by Gasteiger charge is 2.30. The summed E-state index contributed by atoms with van der Waals surface area (Å²) >= 11 is 0. The number of benzene rings is 1. The molecular weight excluding hydrogens is 318 g/mol. The van der Waals surface area contributed by atoms with Crippen molar-refractivity contribution in [3.8, 4) is 0 Å². The second kappa shape index (κ2) is 6.13. The van der Waals surface area contributed by atoms with Crippen LogP contribution >= 0.6 is 0 Å². The van der Waals surface area contributed by atoms with Gasteiger partial charge in [-0.25, -0.2) is 13.2 Å². The Hall–Kier alpha value is -2.19. The first-order valence-electron chi connectivity index (χ1n) is 7.31. The molecule has 1 aliphatic heterocycles. The Bertz CT molecular complexity index is 793. The predicted molar refractivity (Wildman–Crippen MR) is 82.7 cm³/mol. The van der Waals surface area contributed by atoms with E-state index < -0.39 is 16.0 Å². The molecule has 1 N–H and O–H groups in total. The van der Waals surface area contributed by atoms with E-state index in [0.29, 0.717) is 30.8 Å². The van der Waals surface area contributed by atoms with Gasteiger partial charge in [-0.05, 0) is 25.0 Å². The monoisotopic (exact) mass is 335 g/mol. The number of nitrogens with zero attached hydrogens (tertiary/aromatic N) is 3. The zero-order valence-electron chi connectivity index (χ0n) is 12.4. The molecule has 0 saturated carbocycles. The second-order valence-corrected chi connectivity index (χ2v) is 7.40. The molecule has 1 fully saturated rings. The smallest absolute Gasteiger partial charge is 0.338 e. The van der Waals surface area contributed by atoms with E-state index in [9.17, 15) is 13.2 Å². The van der Waals surface area contributed by atoms with Gasteiger partial charge in [0, 0.05) is 19.3 Å². The van der Waals surface area contributed by atoms with Gasteiger partial charge < -0.3 is 5.11 Å². The molecule has 0 bridgehead atoms. The summed E-state index contributed by atoms with van der Waals surface area (Å²) in [6, 6.07) is 8.39. The van der Waals surface area contributed by atoms with Crippen LogP contribution in [0.3, 0.4) is 0 Å². The summed E-state index contributed by atoms with van der Waals surface area (Å²) in [7, 11) is -3.47. The van der Waals surface area contributed by atoms with Crippen molar-refractivity contribution >= 4 is 16.0 Å². The van der Waals surface area contributed by atoms with Gasteiger partial charge in [-0.1, -0.05) is 18.2 Å². The Morgan fingerprint density at radius 2 is 1.83 bits per heavy atom. The molecule has 0 radical (unpaired) electrons. The SMILES string of the molecule is O=C(O)c1cnn(C2CCN(S(=O)(=O)c3ccccc3)CC2)c1. The molecule has 0 unspecified atom stereocenters. The number of aromatic nitrogens is 2. The van der Waals surface area contributed by atoms with E-state index in [2.05, 4.69) is 5.10 Å². The third-order valence-corrected chi connectivity index (χ3v) is 5.94. The predicted octanol–water partition coefficient (Wildman–Crippen LogP) is 1.61. The van der Waals surface area contributed by atoms with E-state index in [1.165, 1.54) is 16.7 Å². The zero-order valence-corrected chi connectivity index (χ0v) is 13.2. The molecule has 7 nitrogen and oxygen atoms in total. The molecule has 3 rings (SSSR count). The first kappa shape index (κ1) is 15.7. The second-order valence-electron chi connectivity index (χ2n) is 5.46. The molecule has 122 valence electrons. The topological polar surface area (TPSA) is 92.5 Å². The number of carbonyl (C=O) groups is 1. The zero-order chi connectivity index (χ0) is 16.4. The van der Waals surface area contributed by atoms with Gasteiger partial charge in [-0.3, -0.25) is 4.68 Å². The van der Waals surface area contributed by atoms with Gasteiger partial charge in [0.15, 0.2) is 0 Å². The van der Waals surface area contributed by atoms with Gasteiger partial charge in [0.1, 0.15) is 0 Å². The molecule has 0 aliphatic carbocycles. The lowest BCUT2D eigenvalue weighted by molar-refractivity contribution is 0.0696. The summed E-state index contributed by atoms with van der Waals surface area (Å²) in [5, 5.41) is 13.0. The quantitative estimate of drug-likeness (QED) is 0.916. The van der Waals surface area contributed by atoms with Crippen LogP contribution in [0.25, 0.3) is 0 Å². The van der Waals surface area contributed by atoms with Crippen LogP contribution in [0.5, 0.6) is 0 Å². The van der Waals surface area contributed by atoms with Crippen LogP contribution in [0.1, 0.15) is 29.2 Å². The lowest BCUT2D eigenvalue weighted by Crippen LogP contribution is -2.39. The number of rotatable bonds is 4. The normalized spacial score (nSPS) is 17.2. The molecular formula is C15H17N3O4S. The summed E-state index contributed by atoms with van der Waals surface area (Å²) in [5.41, 5.74) is 0.143. The maximum Gasteiger partial charge on any atom is 0.338 e. The van der Waals surface area contributed by atoms with Crippen molar-refractivity contribution in [1.29, 1.82) is 0 Å². The van der Waals surface area contributed by atoms with Crippen LogP contribution in [0.4, 0.5) is 0 Å². The van der Waals surface area contributed by atoms with Gasteiger partial charge in [-0.2, -0.15) is 9.40 Å². The standard InChI is InChI=1S/C15H17N3O4S/c19-15(20)12-10-16-18(11-12)13-6-8-17(9-7-13)23(21,22)14-4-2-1-3-5-14/h1-5,10-11,13H,6-9H2,(H,19,20). The van der Waals surface area contributed by atoms with E-state index in [4.69, 9.17) is 5.11 Å². The molecule has 2 heterocycles. The molecule has 1 aromatic heterocycles. The summed E-state index contributed by atoms with van der Waals surface area (Å²) in [6.45, 7) is 0.786. The molecule has 8 heteroatoms. The van der Waals surface area contributed by atoms with E-state index >= 15 is 0 Å². The minimum Gasteiger partial charge on any atom is -0.478 e. The third-order valence-electron chi connectivity index (χ3n) is 4.03. The molecule has 2 aromatic rings. The van der Waals surface area contributed by atoms with Crippen molar-refractivity contribution in [3.05, 3.63) is 48.3 Å². The molecule has 0 spiro atoms. The maximum absolute atomic E-state index is 12.5. The number of aromatic carboxylic acids is 1. The molecule has 0 amide bonds. The summed E-state index contributed by atoms with van der Waals surface area (Å²) in [5.74, 6) is -1.01. The van der Waals surface area contributed by atoms with Crippen molar-refractivity contribution in [3.63, 3.8) is 0 Å². The van der Waals surface area contributed by atoms with Gasteiger partial charge in [0.2, 0.25) is 10.0 Å². The minimum absolute atomic E-state index is 0.0188. The van der Waals surface area contributed by atoms with Crippen LogP contribution in [0.2, 0.25) is 0 Å². The summed E-state index contributed by atoms with van der Waals surface area (Å²) in [4.78, 5) is 11.2. The number of sulfonamides is 1. The first-order valence-corrected chi connectivity index (χ1v) is 8.75. The van der Waals surface area contributed by atoms with E-state index in [-0.39, 0.29) is 11.6 Å². The van der Waals surface area contributed by atoms with Gasteiger partial charge in [0.05, 0.1) is 22.7 Å². The van der Waals surface area contributed by atoms with Gasteiger partial charge in [0.25, 0.3) is 0 Å². The number of hydrogen-bond donors (Lipinski definition) is 1. The Morgan fingerprint density at radius 3 is 2.39 bits per heavy atom.